The fraction of sp³-hybridized carbons (Fsp3) is 0. The van der Waals surface area contributed by atoms with E-state index in [4.69, 9.17) is 27.6 Å². The van der Waals surface area contributed by atoms with Gasteiger partial charge in [0.25, 0.3) is 0 Å². The van der Waals surface area contributed by atoms with E-state index in [1.165, 1.54) is 6.08 Å². The van der Waals surface area contributed by atoms with E-state index >= 15 is 0 Å². The van der Waals surface area contributed by atoms with Gasteiger partial charge in [-0.15, -0.1) is 0 Å². The molecule has 0 aliphatic carbocycles. The van der Waals surface area contributed by atoms with E-state index in [2.05, 4.69) is 5.32 Å². The first-order valence-corrected chi connectivity index (χ1v) is 7.97. The number of nitrogens with one attached hydrogen (secondary N) is 1. The zero-order chi connectivity index (χ0) is 16.9. The average molecular weight is 358 g/mol. The van der Waals surface area contributed by atoms with Gasteiger partial charge in [0.1, 0.15) is 11.5 Å². The molecule has 1 amide bonds. The first kappa shape index (κ1) is 16.4. The molecular formula is C19H13Cl2NO2. The van der Waals surface area contributed by atoms with Crippen LogP contribution in [-0.4, -0.2) is 5.91 Å². The molecule has 2 aromatic carbocycles. The molecule has 3 aromatic rings. The van der Waals surface area contributed by atoms with Gasteiger partial charge in [-0.2, -0.15) is 0 Å². The predicted octanol–water partition coefficient (Wildman–Crippen LogP) is 5.91. The molecule has 0 radical (unpaired) electrons. The van der Waals surface area contributed by atoms with Gasteiger partial charge in [-0.3, -0.25) is 4.79 Å². The Morgan fingerprint density at radius 2 is 1.79 bits per heavy atom. The molecule has 0 atom stereocenters. The average Bonchev–Trinajstić information content (AvgIpc) is 3.02. The van der Waals surface area contributed by atoms with Gasteiger partial charge in [0, 0.05) is 22.3 Å². The third-order valence-corrected chi connectivity index (χ3v) is 3.81. The quantitative estimate of drug-likeness (QED) is 0.590. The molecule has 1 aromatic heterocycles. The molecule has 0 saturated heterocycles. The van der Waals surface area contributed by atoms with E-state index in [-0.39, 0.29) is 5.91 Å². The first-order chi connectivity index (χ1) is 11.6. The SMILES string of the molecule is O=C(C=Cc1ccc(-c2ccc(Cl)cc2Cl)o1)Nc1ccccc1. The lowest BCUT2D eigenvalue weighted by molar-refractivity contribution is -0.111. The number of rotatable bonds is 4. The standard InChI is InChI=1S/C19H13Cl2NO2/c20-13-6-9-16(17(21)12-13)18-10-7-15(24-18)8-11-19(23)22-14-4-2-1-3-5-14/h1-12H,(H,22,23). The predicted molar refractivity (Wildman–Crippen MR) is 98.3 cm³/mol. The number of furan rings is 1. The number of hydrogen-bond acceptors (Lipinski definition) is 2. The maximum absolute atomic E-state index is 11.9. The molecule has 0 aliphatic rings. The number of para-hydroxylation sites is 1. The van der Waals surface area contributed by atoms with Crippen LogP contribution in [-0.2, 0) is 4.79 Å². The highest BCUT2D eigenvalue weighted by Crippen LogP contribution is 2.31. The Morgan fingerprint density at radius 1 is 1.00 bits per heavy atom. The van der Waals surface area contributed by atoms with Crippen LogP contribution in [0.25, 0.3) is 17.4 Å². The van der Waals surface area contributed by atoms with Crippen molar-refractivity contribution in [2.75, 3.05) is 5.32 Å². The van der Waals surface area contributed by atoms with E-state index in [9.17, 15) is 4.79 Å². The van der Waals surface area contributed by atoms with E-state index in [0.29, 0.717) is 21.6 Å². The van der Waals surface area contributed by atoms with Crippen molar-refractivity contribution in [3.63, 3.8) is 0 Å². The monoisotopic (exact) mass is 357 g/mol. The largest absolute Gasteiger partial charge is 0.457 e. The van der Waals surface area contributed by atoms with Gasteiger partial charge in [0.05, 0.1) is 5.02 Å². The number of carbonyl (C=O) groups excluding carboxylic acids is 1. The summed E-state index contributed by atoms with van der Waals surface area (Å²) >= 11 is 12.1. The number of hydrogen-bond donors (Lipinski definition) is 1. The van der Waals surface area contributed by atoms with Crippen molar-refractivity contribution in [2.45, 2.75) is 0 Å². The van der Waals surface area contributed by atoms with Crippen molar-refractivity contribution < 1.29 is 9.21 Å². The molecule has 1 N–H and O–H groups in total. The molecule has 0 unspecified atom stereocenters. The molecule has 0 spiro atoms. The summed E-state index contributed by atoms with van der Waals surface area (Å²) in [6, 6.07) is 18.0. The van der Waals surface area contributed by atoms with Crippen LogP contribution in [0.5, 0.6) is 0 Å². The van der Waals surface area contributed by atoms with Crippen LogP contribution >= 0.6 is 23.2 Å². The maximum atomic E-state index is 11.9. The van der Waals surface area contributed by atoms with Crippen molar-refractivity contribution in [3.8, 4) is 11.3 Å². The number of amides is 1. The Labute approximate surface area is 149 Å². The van der Waals surface area contributed by atoms with Gasteiger partial charge in [0.2, 0.25) is 5.91 Å². The molecule has 120 valence electrons. The number of halogens is 2. The topological polar surface area (TPSA) is 42.2 Å². The number of benzene rings is 2. The molecule has 5 heteroatoms. The molecular weight excluding hydrogens is 345 g/mol. The van der Waals surface area contributed by atoms with Gasteiger partial charge < -0.3 is 9.73 Å². The fourth-order valence-electron chi connectivity index (χ4n) is 2.14. The van der Waals surface area contributed by atoms with Crippen LogP contribution < -0.4 is 5.32 Å². The van der Waals surface area contributed by atoms with Crippen LogP contribution in [0, 0.1) is 0 Å². The van der Waals surface area contributed by atoms with E-state index in [1.54, 1.807) is 36.4 Å². The Balaban J connectivity index is 1.70. The zero-order valence-electron chi connectivity index (χ0n) is 12.5. The van der Waals surface area contributed by atoms with Crippen molar-refractivity contribution in [1.82, 2.24) is 0 Å². The van der Waals surface area contributed by atoms with Crippen molar-refractivity contribution in [3.05, 3.63) is 82.5 Å². The van der Waals surface area contributed by atoms with Crippen LogP contribution in [0.3, 0.4) is 0 Å². The lowest BCUT2D eigenvalue weighted by Crippen LogP contribution is -2.07. The summed E-state index contributed by atoms with van der Waals surface area (Å²) in [5, 5.41) is 3.83. The van der Waals surface area contributed by atoms with Gasteiger partial charge in [0.15, 0.2) is 0 Å². The van der Waals surface area contributed by atoms with Gasteiger partial charge in [-0.1, -0.05) is 41.4 Å². The van der Waals surface area contributed by atoms with Crippen LogP contribution in [0.4, 0.5) is 5.69 Å². The maximum Gasteiger partial charge on any atom is 0.248 e. The Morgan fingerprint density at radius 3 is 2.54 bits per heavy atom. The van der Waals surface area contributed by atoms with Gasteiger partial charge in [-0.25, -0.2) is 0 Å². The summed E-state index contributed by atoms with van der Waals surface area (Å²) in [6.07, 6.45) is 3.02. The minimum absolute atomic E-state index is 0.233. The molecule has 0 fully saturated rings. The Bertz CT molecular complexity index is 885. The van der Waals surface area contributed by atoms with E-state index in [1.807, 2.05) is 30.3 Å². The third-order valence-electron chi connectivity index (χ3n) is 3.26. The highest BCUT2D eigenvalue weighted by Gasteiger charge is 2.08. The lowest BCUT2D eigenvalue weighted by Gasteiger charge is -2.01. The molecule has 0 aliphatic heterocycles. The highest BCUT2D eigenvalue weighted by molar-refractivity contribution is 6.36. The molecule has 3 rings (SSSR count). The normalized spacial score (nSPS) is 10.9. The molecule has 1 heterocycles. The smallest absolute Gasteiger partial charge is 0.248 e. The van der Waals surface area contributed by atoms with Crippen molar-refractivity contribution >= 4 is 40.9 Å². The Kier molecular flexibility index (Phi) is 5.04. The van der Waals surface area contributed by atoms with Gasteiger partial charge in [-0.05, 0) is 48.5 Å². The molecule has 3 nitrogen and oxygen atoms in total. The van der Waals surface area contributed by atoms with Crippen LogP contribution in [0.2, 0.25) is 10.0 Å². The first-order valence-electron chi connectivity index (χ1n) is 7.21. The highest BCUT2D eigenvalue weighted by atomic mass is 35.5. The van der Waals surface area contributed by atoms with E-state index in [0.717, 1.165) is 11.3 Å². The van der Waals surface area contributed by atoms with E-state index < -0.39 is 0 Å². The summed E-state index contributed by atoms with van der Waals surface area (Å²) < 4.78 is 5.70. The summed E-state index contributed by atoms with van der Waals surface area (Å²) in [5.41, 5.74) is 1.48. The minimum atomic E-state index is -0.233. The summed E-state index contributed by atoms with van der Waals surface area (Å²) in [4.78, 5) is 11.9. The Hall–Kier alpha value is -2.49. The van der Waals surface area contributed by atoms with Gasteiger partial charge >= 0.3 is 0 Å². The minimum Gasteiger partial charge on any atom is -0.457 e. The lowest BCUT2D eigenvalue weighted by atomic mass is 10.2. The zero-order valence-corrected chi connectivity index (χ0v) is 14.0. The summed E-state index contributed by atoms with van der Waals surface area (Å²) in [6.45, 7) is 0. The number of carbonyl (C=O) groups is 1. The van der Waals surface area contributed by atoms with Crippen molar-refractivity contribution in [2.24, 2.45) is 0 Å². The second-order valence-electron chi connectivity index (χ2n) is 5.01. The molecule has 0 saturated carbocycles. The summed E-state index contributed by atoms with van der Waals surface area (Å²) in [5.74, 6) is 0.933. The van der Waals surface area contributed by atoms with Crippen LogP contribution in [0.15, 0.2) is 71.2 Å². The second kappa shape index (κ2) is 7.39. The number of anilines is 1. The fourth-order valence-corrected chi connectivity index (χ4v) is 2.64. The second-order valence-corrected chi connectivity index (χ2v) is 5.86. The van der Waals surface area contributed by atoms with Crippen molar-refractivity contribution in [1.29, 1.82) is 0 Å². The summed E-state index contributed by atoms with van der Waals surface area (Å²) in [7, 11) is 0. The molecule has 24 heavy (non-hydrogen) atoms. The van der Waals surface area contributed by atoms with Crippen LogP contribution in [0.1, 0.15) is 5.76 Å². The third kappa shape index (κ3) is 4.07. The molecule has 0 bridgehead atoms.